The zero-order valence-electron chi connectivity index (χ0n) is 24.1. The quantitative estimate of drug-likeness (QED) is 0.226. The first-order valence-electron chi connectivity index (χ1n) is 12.5. The molecule has 0 amide bonds. The number of ether oxygens (including phenoxy) is 2. The van der Waals surface area contributed by atoms with Crippen LogP contribution in [-0.4, -0.2) is 113 Å². The number of aliphatic carboxylic acids is 1. The molecule has 1 saturated heterocycles. The Morgan fingerprint density at radius 3 is 2.17 bits per heavy atom. The molecule has 3 heterocycles. The second kappa shape index (κ2) is 24.3. The van der Waals surface area contributed by atoms with E-state index in [0.717, 1.165) is 31.0 Å². The van der Waals surface area contributed by atoms with Gasteiger partial charge in [-0.2, -0.15) is 0 Å². The third-order valence-corrected chi connectivity index (χ3v) is 5.39. The van der Waals surface area contributed by atoms with Gasteiger partial charge in [-0.15, -0.1) is 0 Å². The number of nitrogens with zero attached hydrogens (tertiary/aromatic N) is 2. The van der Waals surface area contributed by atoms with Gasteiger partial charge in [0.05, 0.1) is 32.5 Å². The number of aliphatic hydroxyl groups excluding tert-OH is 4. The van der Waals surface area contributed by atoms with Crippen LogP contribution < -0.4 is 4.90 Å². The summed E-state index contributed by atoms with van der Waals surface area (Å²) in [6.45, 7) is 5.22. The zero-order chi connectivity index (χ0) is 30.0. The molecule has 1 aromatic carbocycles. The number of aliphatic hydroxyl groups is 4. The number of carbonyl (C=O) groups is 2. The topological polar surface area (TPSA) is 221 Å². The van der Waals surface area contributed by atoms with Gasteiger partial charge < -0.3 is 50.5 Å². The van der Waals surface area contributed by atoms with Gasteiger partial charge in [0.15, 0.2) is 0 Å². The van der Waals surface area contributed by atoms with Gasteiger partial charge in [-0.25, -0.2) is 9.59 Å². The van der Waals surface area contributed by atoms with Gasteiger partial charge in [0, 0.05) is 76.6 Å². The summed E-state index contributed by atoms with van der Waals surface area (Å²) in [5, 5.41) is 50.7. The van der Waals surface area contributed by atoms with Gasteiger partial charge in [0.2, 0.25) is 0 Å². The summed E-state index contributed by atoms with van der Waals surface area (Å²) in [5.41, 5.74) is 2.66. The van der Waals surface area contributed by atoms with Crippen LogP contribution in [0.25, 0.3) is 0 Å². The van der Waals surface area contributed by atoms with E-state index in [1.54, 1.807) is 35.4 Å². The van der Waals surface area contributed by atoms with E-state index >= 15 is 0 Å². The van der Waals surface area contributed by atoms with E-state index in [9.17, 15) is 19.8 Å². The Kier molecular flexibility index (Phi) is 25.6. The number of rotatable bonds is 4. The van der Waals surface area contributed by atoms with Crippen molar-refractivity contribution in [2.24, 2.45) is 4.99 Å². The molecule has 1 fully saturated rings. The Labute approximate surface area is 264 Å². The summed E-state index contributed by atoms with van der Waals surface area (Å²) >= 11 is 0. The number of carboxylic acids is 1. The number of fused-ring (bicyclic) bond motifs is 1. The normalized spacial score (nSPS) is 20.0. The number of phenols is 1. The molecule has 4 rings (SSSR count). The Bertz CT molecular complexity index is 978. The number of hydrogen-bond donors (Lipinski definition) is 6. The molecule has 0 radical (unpaired) electrons. The molecule has 1 aromatic rings. The van der Waals surface area contributed by atoms with Gasteiger partial charge in [0.1, 0.15) is 17.5 Å². The average Bonchev–Trinajstić information content (AvgIpc) is 3.33. The van der Waals surface area contributed by atoms with Crippen molar-refractivity contribution in [3.05, 3.63) is 47.7 Å². The number of carboxylic acid groups (broad SMARTS) is 1. The smallest absolute Gasteiger partial charge is 0.356 e. The fraction of sp³-hybridized carbons (Fsp3) is 0.519. The molecule has 0 bridgehead atoms. The first-order valence-corrected chi connectivity index (χ1v) is 12.5. The average molecular weight is 811 g/mol. The molecule has 0 unspecified atom stereocenters. The molecular weight excluding hydrogens is 766 g/mol. The molecule has 0 aromatic heterocycles. The monoisotopic (exact) mass is 810 g/mol. The van der Waals surface area contributed by atoms with Gasteiger partial charge >= 0.3 is 11.9 Å². The van der Waals surface area contributed by atoms with E-state index in [2.05, 4.69) is 9.73 Å². The Balaban J connectivity index is -0.000000763. The van der Waals surface area contributed by atoms with E-state index in [4.69, 9.17) is 25.2 Å². The van der Waals surface area contributed by atoms with E-state index in [0.29, 0.717) is 39.0 Å². The Hall–Kier alpha value is -2.28. The summed E-state index contributed by atoms with van der Waals surface area (Å²) in [6, 6.07) is 4.09. The predicted octanol–water partition coefficient (Wildman–Crippen LogP) is 0.213. The van der Waals surface area contributed by atoms with Crippen molar-refractivity contribution in [2.75, 3.05) is 46.0 Å². The van der Waals surface area contributed by atoms with Crippen LogP contribution in [0.1, 0.15) is 32.3 Å². The standard InChI is InChI=1S/C18H18N2O5.C5H10O3.C2H6.2CH4O.H2O.U/c1-25-18(24)14-8-11(4-6-19-14)5-7-20-15-3-2-13(21)9-12(15)10-16(20)17(22)23;6-4-1-5(7)3-8-2-4;3*1-2;;/h2-3,5,7-9,16,21H,4,6,10H2,1H3,(H,22,23);4-7H,1-3H2;1-2H3;2*2H,1H3;1H2;/b7-5+;;;;;;/t16-;4-,5+;;;;;/m0....../s1. The number of phenolic OH excluding ortho intramolecular Hbond substituents is 1. The maximum Gasteiger partial charge on any atom is 0.356 e. The van der Waals surface area contributed by atoms with Gasteiger partial charge in [-0.3, -0.25) is 4.99 Å². The maximum atomic E-state index is 11.6. The number of aromatic hydroxyl groups is 1. The van der Waals surface area contributed by atoms with Crippen molar-refractivity contribution < 1.29 is 86.3 Å². The summed E-state index contributed by atoms with van der Waals surface area (Å²) in [5.74, 6) is -1.31. The van der Waals surface area contributed by atoms with E-state index < -0.39 is 30.2 Å². The molecule has 8 N–H and O–H groups in total. The van der Waals surface area contributed by atoms with Crippen molar-refractivity contribution in [2.45, 2.75) is 51.4 Å². The van der Waals surface area contributed by atoms with Crippen molar-refractivity contribution in [3.63, 3.8) is 0 Å². The Morgan fingerprint density at radius 2 is 1.68 bits per heavy atom. The first-order chi connectivity index (χ1) is 18.8. The number of methoxy groups -OCH3 is 1. The molecular formula is C27H44N2O11U. The van der Waals surface area contributed by atoms with E-state index in [1.807, 2.05) is 13.8 Å². The molecule has 3 aliphatic heterocycles. The third kappa shape index (κ3) is 14.4. The second-order valence-corrected chi connectivity index (χ2v) is 7.90. The molecule has 3 aliphatic rings. The summed E-state index contributed by atoms with van der Waals surface area (Å²) in [6.07, 6.45) is 5.65. The predicted molar refractivity (Wildman–Crippen MR) is 151 cm³/mol. The first kappa shape index (κ1) is 43.2. The Morgan fingerprint density at radius 1 is 1.10 bits per heavy atom. The van der Waals surface area contributed by atoms with E-state index in [-0.39, 0.29) is 48.1 Å². The van der Waals surface area contributed by atoms with Crippen LogP contribution >= 0.6 is 0 Å². The number of benzene rings is 1. The second-order valence-electron chi connectivity index (χ2n) is 7.90. The molecule has 13 nitrogen and oxygen atoms in total. The minimum Gasteiger partial charge on any atom is -0.508 e. The minimum absolute atomic E-state index is 0. The van der Waals surface area contributed by atoms with Gasteiger partial charge in [-0.05, 0) is 47.9 Å². The van der Waals surface area contributed by atoms with Crippen LogP contribution in [0.5, 0.6) is 5.75 Å². The van der Waals surface area contributed by atoms with Gasteiger partial charge in [-0.1, -0.05) is 13.8 Å². The summed E-state index contributed by atoms with van der Waals surface area (Å²) in [7, 11) is 3.30. The van der Waals surface area contributed by atoms with E-state index in [1.165, 1.54) is 13.2 Å². The van der Waals surface area contributed by atoms with Crippen molar-refractivity contribution in [1.29, 1.82) is 0 Å². The fourth-order valence-electron chi connectivity index (χ4n) is 3.78. The molecule has 3 atom stereocenters. The van der Waals surface area contributed by atoms with Crippen LogP contribution in [-0.2, 0) is 25.5 Å². The molecule has 0 saturated carbocycles. The number of allylic oxidation sites excluding steroid dienone is 1. The van der Waals surface area contributed by atoms with Crippen LogP contribution in [0.4, 0.5) is 5.69 Å². The molecule has 41 heavy (non-hydrogen) atoms. The number of dihydropyridines is 1. The SMILES string of the molecule is CC.CO.CO.COC(=O)C1=NCCC(/C=C/N2c3ccc(O)cc3C[C@H]2C(=O)O)=C1.O.O[C@@H]1COC[C@H](O)C1.[U]. The van der Waals surface area contributed by atoms with Crippen molar-refractivity contribution in [1.82, 2.24) is 0 Å². The number of esters is 1. The third-order valence-electron chi connectivity index (χ3n) is 5.39. The molecule has 0 spiro atoms. The number of hydrogen-bond acceptors (Lipinski definition) is 11. The van der Waals surface area contributed by atoms with Crippen LogP contribution in [0.2, 0.25) is 0 Å². The number of anilines is 1. The van der Waals surface area contributed by atoms with Crippen LogP contribution in [0.15, 0.2) is 47.1 Å². The van der Waals surface area contributed by atoms with Crippen LogP contribution in [0, 0.1) is 31.1 Å². The van der Waals surface area contributed by atoms with Gasteiger partial charge in [0.25, 0.3) is 0 Å². The fourth-order valence-corrected chi connectivity index (χ4v) is 3.78. The minimum atomic E-state index is -0.935. The van der Waals surface area contributed by atoms with Crippen molar-refractivity contribution in [3.8, 4) is 5.75 Å². The largest absolute Gasteiger partial charge is 0.508 e. The molecule has 0 aliphatic carbocycles. The van der Waals surface area contributed by atoms with Crippen molar-refractivity contribution >= 4 is 23.3 Å². The number of carbonyl (C=O) groups excluding carboxylic acids is 1. The summed E-state index contributed by atoms with van der Waals surface area (Å²) in [4.78, 5) is 28.9. The zero-order valence-corrected chi connectivity index (χ0v) is 28.3. The van der Waals surface area contributed by atoms with Crippen LogP contribution in [0.3, 0.4) is 0 Å². The molecule has 14 heteroatoms. The summed E-state index contributed by atoms with van der Waals surface area (Å²) < 4.78 is 9.47. The maximum absolute atomic E-state index is 11.6. The molecule has 232 valence electrons. The number of aliphatic imine (C=N–C) groups is 1.